The Bertz CT molecular complexity index is 200. The zero-order valence-corrected chi connectivity index (χ0v) is 11.3. The van der Waals surface area contributed by atoms with Crippen molar-refractivity contribution in [1.29, 1.82) is 0 Å². The van der Waals surface area contributed by atoms with Gasteiger partial charge >= 0.3 is 0 Å². The Kier molecular flexibility index (Phi) is 10.1. The van der Waals surface area contributed by atoms with Gasteiger partial charge in [-0.1, -0.05) is 13.8 Å². The number of hydrogen-bond donors (Lipinski definition) is 1. The first-order valence-corrected chi connectivity index (χ1v) is 6.24. The van der Waals surface area contributed by atoms with E-state index >= 15 is 0 Å². The lowest BCUT2D eigenvalue weighted by Crippen LogP contribution is -2.34. The summed E-state index contributed by atoms with van der Waals surface area (Å²) < 4.78 is 10.5. The zero-order chi connectivity index (χ0) is 13.1. The molecule has 0 rings (SSSR count). The van der Waals surface area contributed by atoms with Gasteiger partial charge in [0.05, 0.1) is 26.4 Å². The third kappa shape index (κ3) is 8.12. The highest BCUT2D eigenvalue weighted by molar-refractivity contribution is 5.78. The first kappa shape index (κ1) is 16.4. The van der Waals surface area contributed by atoms with Gasteiger partial charge in [0.25, 0.3) is 0 Å². The van der Waals surface area contributed by atoms with Crippen LogP contribution < -0.4 is 5.73 Å². The Balaban J connectivity index is 3.44. The van der Waals surface area contributed by atoms with Crippen molar-refractivity contribution in [3.05, 3.63) is 0 Å². The molecule has 0 fully saturated rings. The molecule has 0 bridgehead atoms. The molecule has 5 nitrogen and oxygen atoms in total. The molecule has 0 heterocycles. The van der Waals surface area contributed by atoms with Crippen LogP contribution in [0.15, 0.2) is 0 Å². The molecule has 0 spiro atoms. The summed E-state index contributed by atoms with van der Waals surface area (Å²) in [7, 11) is 1.81. The average Bonchev–Trinajstić information content (AvgIpc) is 2.35. The fraction of sp³-hybridized carbons (Fsp3) is 0.917. The third-order valence-corrected chi connectivity index (χ3v) is 2.62. The molecular formula is C12H26N2O3. The number of carbonyl (C=O) groups is 1. The third-order valence-electron chi connectivity index (χ3n) is 2.62. The number of rotatable bonds is 10. The van der Waals surface area contributed by atoms with Crippen LogP contribution in [-0.2, 0) is 14.3 Å². The SMILES string of the molecule is CCC(C)C(=O)N(C)CCOCCOCCN. The highest BCUT2D eigenvalue weighted by Crippen LogP contribution is 2.04. The minimum absolute atomic E-state index is 0.0906. The standard InChI is InChI=1S/C12H26N2O3/c1-4-11(2)12(15)14(3)6-8-17-10-9-16-7-5-13/h11H,4-10,13H2,1-3H3. The number of nitrogens with zero attached hydrogens (tertiary/aromatic N) is 1. The van der Waals surface area contributed by atoms with E-state index in [0.29, 0.717) is 39.5 Å². The van der Waals surface area contributed by atoms with Crippen molar-refractivity contribution < 1.29 is 14.3 Å². The van der Waals surface area contributed by atoms with E-state index in [1.165, 1.54) is 0 Å². The van der Waals surface area contributed by atoms with Crippen LogP contribution in [0.3, 0.4) is 0 Å². The quantitative estimate of drug-likeness (QED) is 0.570. The number of ether oxygens (including phenoxy) is 2. The molecule has 0 aliphatic carbocycles. The van der Waals surface area contributed by atoms with Crippen LogP contribution in [0.2, 0.25) is 0 Å². The van der Waals surface area contributed by atoms with Crippen molar-refractivity contribution in [2.45, 2.75) is 20.3 Å². The van der Waals surface area contributed by atoms with Gasteiger partial charge in [0, 0.05) is 26.1 Å². The highest BCUT2D eigenvalue weighted by Gasteiger charge is 2.14. The fourth-order valence-electron chi connectivity index (χ4n) is 1.27. The van der Waals surface area contributed by atoms with Gasteiger partial charge in [-0.25, -0.2) is 0 Å². The predicted octanol–water partition coefficient (Wildman–Crippen LogP) is 0.483. The molecule has 1 amide bonds. The van der Waals surface area contributed by atoms with Gasteiger partial charge in [0.2, 0.25) is 5.91 Å². The molecular weight excluding hydrogens is 220 g/mol. The van der Waals surface area contributed by atoms with E-state index < -0.39 is 0 Å². The van der Waals surface area contributed by atoms with E-state index in [9.17, 15) is 4.79 Å². The maximum atomic E-state index is 11.7. The first-order valence-electron chi connectivity index (χ1n) is 6.24. The molecule has 0 aromatic heterocycles. The number of likely N-dealkylation sites (N-methyl/N-ethyl adjacent to an activating group) is 1. The summed E-state index contributed by atoms with van der Waals surface area (Å²) in [6, 6.07) is 0. The summed E-state index contributed by atoms with van der Waals surface area (Å²) in [5.41, 5.74) is 5.27. The molecule has 0 saturated carbocycles. The van der Waals surface area contributed by atoms with Gasteiger partial charge < -0.3 is 20.1 Å². The Morgan fingerprint density at radius 2 is 1.82 bits per heavy atom. The maximum absolute atomic E-state index is 11.7. The van der Waals surface area contributed by atoms with E-state index in [-0.39, 0.29) is 11.8 Å². The zero-order valence-electron chi connectivity index (χ0n) is 11.3. The van der Waals surface area contributed by atoms with Gasteiger partial charge in [-0.2, -0.15) is 0 Å². The Morgan fingerprint density at radius 1 is 1.24 bits per heavy atom. The molecule has 1 atom stereocenters. The van der Waals surface area contributed by atoms with Crippen molar-refractivity contribution in [2.24, 2.45) is 11.7 Å². The first-order chi connectivity index (χ1) is 8.13. The molecule has 0 aliphatic rings. The van der Waals surface area contributed by atoms with Crippen molar-refractivity contribution in [3.63, 3.8) is 0 Å². The minimum atomic E-state index is 0.0906. The summed E-state index contributed by atoms with van der Waals surface area (Å²) >= 11 is 0. The summed E-state index contributed by atoms with van der Waals surface area (Å²) in [5, 5.41) is 0. The molecule has 0 radical (unpaired) electrons. The van der Waals surface area contributed by atoms with Crippen molar-refractivity contribution >= 4 is 5.91 Å². The highest BCUT2D eigenvalue weighted by atomic mass is 16.5. The van der Waals surface area contributed by atoms with Crippen LogP contribution >= 0.6 is 0 Å². The van der Waals surface area contributed by atoms with Crippen LogP contribution in [0.1, 0.15) is 20.3 Å². The van der Waals surface area contributed by atoms with Gasteiger partial charge in [0.1, 0.15) is 0 Å². The van der Waals surface area contributed by atoms with Crippen molar-refractivity contribution in [1.82, 2.24) is 4.90 Å². The van der Waals surface area contributed by atoms with Gasteiger partial charge in [0.15, 0.2) is 0 Å². The molecule has 1 unspecified atom stereocenters. The van der Waals surface area contributed by atoms with Gasteiger partial charge in [-0.05, 0) is 6.42 Å². The van der Waals surface area contributed by atoms with Gasteiger partial charge in [-0.15, -0.1) is 0 Å². The topological polar surface area (TPSA) is 64.8 Å². The summed E-state index contributed by atoms with van der Waals surface area (Å²) in [6.07, 6.45) is 0.872. The lowest BCUT2D eigenvalue weighted by atomic mass is 10.1. The second kappa shape index (κ2) is 10.5. The van der Waals surface area contributed by atoms with Crippen LogP contribution in [0.25, 0.3) is 0 Å². The van der Waals surface area contributed by atoms with Crippen LogP contribution in [-0.4, -0.2) is 57.4 Å². The number of hydrogen-bond acceptors (Lipinski definition) is 4. The monoisotopic (exact) mass is 246 g/mol. The van der Waals surface area contributed by atoms with Crippen LogP contribution in [0.5, 0.6) is 0 Å². The Morgan fingerprint density at radius 3 is 2.35 bits per heavy atom. The van der Waals surface area contributed by atoms with Gasteiger partial charge in [-0.3, -0.25) is 4.79 Å². The van der Waals surface area contributed by atoms with E-state index in [1.54, 1.807) is 4.90 Å². The van der Waals surface area contributed by atoms with E-state index in [2.05, 4.69) is 0 Å². The molecule has 5 heteroatoms. The number of amides is 1. The molecule has 17 heavy (non-hydrogen) atoms. The predicted molar refractivity (Wildman–Crippen MR) is 67.8 cm³/mol. The van der Waals surface area contributed by atoms with Crippen molar-refractivity contribution in [2.75, 3.05) is 46.6 Å². The summed E-state index contributed by atoms with van der Waals surface area (Å²) in [5.74, 6) is 0.267. The molecule has 0 aromatic rings. The number of nitrogens with two attached hydrogens (primary N) is 1. The average molecular weight is 246 g/mol. The molecule has 0 aromatic carbocycles. The second-order valence-electron chi connectivity index (χ2n) is 4.08. The smallest absolute Gasteiger partial charge is 0.225 e. The second-order valence-corrected chi connectivity index (χ2v) is 4.08. The molecule has 2 N–H and O–H groups in total. The fourth-order valence-corrected chi connectivity index (χ4v) is 1.27. The normalized spacial score (nSPS) is 12.5. The summed E-state index contributed by atoms with van der Waals surface area (Å²) in [6.45, 7) is 7.33. The minimum Gasteiger partial charge on any atom is -0.378 e. The largest absolute Gasteiger partial charge is 0.378 e. The van der Waals surface area contributed by atoms with E-state index in [0.717, 1.165) is 6.42 Å². The summed E-state index contributed by atoms with van der Waals surface area (Å²) in [4.78, 5) is 13.4. The van der Waals surface area contributed by atoms with E-state index in [4.69, 9.17) is 15.2 Å². The Hall–Kier alpha value is -0.650. The van der Waals surface area contributed by atoms with Crippen LogP contribution in [0, 0.1) is 5.92 Å². The number of carbonyl (C=O) groups excluding carboxylic acids is 1. The lowest BCUT2D eigenvalue weighted by Gasteiger charge is -2.20. The molecule has 0 saturated heterocycles. The van der Waals surface area contributed by atoms with E-state index in [1.807, 2.05) is 20.9 Å². The molecule has 0 aliphatic heterocycles. The van der Waals surface area contributed by atoms with Crippen molar-refractivity contribution in [3.8, 4) is 0 Å². The Labute approximate surface area is 104 Å². The molecule has 102 valence electrons. The van der Waals surface area contributed by atoms with Crippen LogP contribution in [0.4, 0.5) is 0 Å². The maximum Gasteiger partial charge on any atom is 0.225 e. The lowest BCUT2D eigenvalue weighted by molar-refractivity contribution is -0.134.